The standard InChI is InChI=1S/C13H16N4O2/c1-9(2)16-13(18)17-7-11(8-17)19-12-10(6-14)4-3-5-15-12/h3-5,9,11H,7-8H2,1-2H3,(H,16,18). The van der Waals surface area contributed by atoms with E-state index in [-0.39, 0.29) is 18.2 Å². The molecule has 0 spiro atoms. The summed E-state index contributed by atoms with van der Waals surface area (Å²) < 4.78 is 5.60. The van der Waals surface area contributed by atoms with Gasteiger partial charge in [0.2, 0.25) is 5.88 Å². The van der Waals surface area contributed by atoms with Crippen LogP contribution in [0.1, 0.15) is 19.4 Å². The summed E-state index contributed by atoms with van der Waals surface area (Å²) in [6, 6.07) is 5.41. The van der Waals surface area contributed by atoms with Crippen LogP contribution in [0.5, 0.6) is 5.88 Å². The van der Waals surface area contributed by atoms with Gasteiger partial charge in [0.15, 0.2) is 0 Å². The molecular formula is C13H16N4O2. The van der Waals surface area contributed by atoms with Crippen LogP contribution in [0.3, 0.4) is 0 Å². The van der Waals surface area contributed by atoms with Gasteiger partial charge in [-0.05, 0) is 26.0 Å². The average molecular weight is 260 g/mol. The number of nitrogens with zero attached hydrogens (tertiary/aromatic N) is 3. The van der Waals surface area contributed by atoms with Crippen molar-refractivity contribution in [2.24, 2.45) is 0 Å². The Morgan fingerprint density at radius 1 is 1.63 bits per heavy atom. The molecule has 19 heavy (non-hydrogen) atoms. The molecule has 0 unspecified atom stereocenters. The molecule has 0 aromatic carbocycles. The van der Waals surface area contributed by atoms with Crippen LogP contribution in [0.4, 0.5) is 4.79 Å². The van der Waals surface area contributed by atoms with E-state index in [1.54, 1.807) is 23.2 Å². The highest BCUT2D eigenvalue weighted by Crippen LogP contribution is 2.19. The minimum atomic E-state index is -0.0973. The molecule has 2 heterocycles. The van der Waals surface area contributed by atoms with E-state index >= 15 is 0 Å². The smallest absolute Gasteiger partial charge is 0.317 e. The molecular weight excluding hydrogens is 244 g/mol. The zero-order chi connectivity index (χ0) is 13.8. The first-order chi connectivity index (χ1) is 9.10. The van der Waals surface area contributed by atoms with E-state index in [0.717, 1.165) is 0 Å². The predicted molar refractivity (Wildman–Crippen MR) is 68.6 cm³/mol. The molecule has 1 N–H and O–H groups in total. The summed E-state index contributed by atoms with van der Waals surface area (Å²) in [4.78, 5) is 17.3. The van der Waals surface area contributed by atoms with E-state index in [4.69, 9.17) is 10.00 Å². The van der Waals surface area contributed by atoms with Crippen LogP contribution in [-0.4, -0.2) is 41.2 Å². The topological polar surface area (TPSA) is 78.2 Å². The zero-order valence-corrected chi connectivity index (χ0v) is 11.0. The summed E-state index contributed by atoms with van der Waals surface area (Å²) in [5.41, 5.74) is 0.410. The molecule has 100 valence electrons. The minimum Gasteiger partial charge on any atom is -0.470 e. The van der Waals surface area contributed by atoms with E-state index < -0.39 is 0 Å². The van der Waals surface area contributed by atoms with Crippen LogP contribution in [-0.2, 0) is 0 Å². The SMILES string of the molecule is CC(C)NC(=O)N1CC(Oc2ncccc2C#N)C1. The van der Waals surface area contributed by atoms with Gasteiger partial charge < -0.3 is 15.0 Å². The monoisotopic (exact) mass is 260 g/mol. The lowest BCUT2D eigenvalue weighted by molar-refractivity contribution is 0.0406. The summed E-state index contributed by atoms with van der Waals surface area (Å²) in [6.07, 6.45) is 1.48. The lowest BCUT2D eigenvalue weighted by Gasteiger charge is -2.38. The maximum absolute atomic E-state index is 11.6. The number of ether oxygens (including phenoxy) is 1. The van der Waals surface area contributed by atoms with Crippen molar-refractivity contribution in [3.63, 3.8) is 0 Å². The van der Waals surface area contributed by atoms with Crippen molar-refractivity contribution in [1.82, 2.24) is 15.2 Å². The molecule has 0 radical (unpaired) electrons. The molecule has 1 aromatic heterocycles. The first-order valence-corrected chi connectivity index (χ1v) is 6.17. The quantitative estimate of drug-likeness (QED) is 0.883. The number of urea groups is 1. The van der Waals surface area contributed by atoms with E-state index in [1.165, 1.54) is 0 Å². The van der Waals surface area contributed by atoms with E-state index in [9.17, 15) is 4.79 Å². The van der Waals surface area contributed by atoms with Crippen molar-refractivity contribution in [2.45, 2.75) is 26.0 Å². The third-order valence-corrected chi connectivity index (χ3v) is 2.72. The summed E-state index contributed by atoms with van der Waals surface area (Å²) in [6.45, 7) is 4.86. The zero-order valence-electron chi connectivity index (χ0n) is 11.0. The highest BCUT2D eigenvalue weighted by atomic mass is 16.5. The number of hydrogen-bond acceptors (Lipinski definition) is 4. The van der Waals surface area contributed by atoms with Gasteiger partial charge in [-0.3, -0.25) is 0 Å². The van der Waals surface area contributed by atoms with E-state index in [2.05, 4.69) is 10.3 Å². The van der Waals surface area contributed by atoms with Crippen molar-refractivity contribution in [3.05, 3.63) is 23.9 Å². The van der Waals surface area contributed by atoms with Crippen LogP contribution < -0.4 is 10.1 Å². The average Bonchev–Trinajstić information content (AvgIpc) is 2.32. The maximum atomic E-state index is 11.6. The minimum absolute atomic E-state index is 0.0867. The molecule has 6 heteroatoms. The Kier molecular flexibility index (Phi) is 3.85. The molecule has 2 rings (SSSR count). The Labute approximate surface area is 112 Å². The molecule has 2 amide bonds. The Balaban J connectivity index is 1.85. The molecule has 1 fully saturated rings. The third-order valence-electron chi connectivity index (χ3n) is 2.72. The van der Waals surface area contributed by atoms with Gasteiger partial charge in [-0.2, -0.15) is 5.26 Å². The Bertz CT molecular complexity index is 504. The third kappa shape index (κ3) is 3.13. The highest BCUT2D eigenvalue weighted by molar-refractivity contribution is 5.75. The molecule has 1 aromatic rings. The number of aromatic nitrogens is 1. The Hall–Kier alpha value is -2.29. The molecule has 1 aliphatic heterocycles. The fourth-order valence-corrected chi connectivity index (χ4v) is 1.74. The maximum Gasteiger partial charge on any atom is 0.317 e. The van der Waals surface area contributed by atoms with Crippen LogP contribution in [0.2, 0.25) is 0 Å². The molecule has 0 bridgehead atoms. The first kappa shape index (κ1) is 13.1. The highest BCUT2D eigenvalue weighted by Gasteiger charge is 2.33. The second-order valence-corrected chi connectivity index (χ2v) is 4.72. The summed E-state index contributed by atoms with van der Waals surface area (Å²) in [7, 11) is 0. The summed E-state index contributed by atoms with van der Waals surface area (Å²) >= 11 is 0. The van der Waals surface area contributed by atoms with Gasteiger partial charge in [0.1, 0.15) is 17.7 Å². The molecule has 0 saturated carbocycles. The van der Waals surface area contributed by atoms with E-state index in [1.807, 2.05) is 19.9 Å². The summed E-state index contributed by atoms with van der Waals surface area (Å²) in [5.74, 6) is 0.332. The fraction of sp³-hybridized carbons (Fsp3) is 0.462. The number of nitrogens with one attached hydrogen (secondary N) is 1. The Morgan fingerprint density at radius 2 is 2.37 bits per heavy atom. The lowest BCUT2D eigenvalue weighted by atomic mass is 10.2. The number of hydrogen-bond donors (Lipinski definition) is 1. The molecule has 0 atom stereocenters. The largest absolute Gasteiger partial charge is 0.470 e. The van der Waals surface area contributed by atoms with Crippen molar-refractivity contribution in [1.29, 1.82) is 5.26 Å². The number of pyridine rings is 1. The number of carbonyl (C=O) groups is 1. The van der Waals surface area contributed by atoms with Crippen LogP contribution >= 0.6 is 0 Å². The lowest BCUT2D eigenvalue weighted by Crippen LogP contribution is -2.59. The van der Waals surface area contributed by atoms with Gasteiger partial charge >= 0.3 is 6.03 Å². The molecule has 0 aliphatic carbocycles. The molecule has 1 saturated heterocycles. The van der Waals surface area contributed by atoms with Gasteiger partial charge in [0.25, 0.3) is 0 Å². The molecule has 1 aliphatic rings. The number of rotatable bonds is 3. The van der Waals surface area contributed by atoms with Crippen molar-refractivity contribution in [2.75, 3.05) is 13.1 Å². The van der Waals surface area contributed by atoms with Crippen LogP contribution in [0.15, 0.2) is 18.3 Å². The van der Waals surface area contributed by atoms with Gasteiger partial charge in [-0.1, -0.05) is 0 Å². The van der Waals surface area contributed by atoms with Crippen molar-refractivity contribution >= 4 is 6.03 Å². The second-order valence-electron chi connectivity index (χ2n) is 4.72. The van der Waals surface area contributed by atoms with Crippen LogP contribution in [0, 0.1) is 11.3 Å². The fourth-order valence-electron chi connectivity index (χ4n) is 1.74. The van der Waals surface area contributed by atoms with Gasteiger partial charge in [0.05, 0.1) is 13.1 Å². The van der Waals surface area contributed by atoms with Crippen LogP contribution in [0.25, 0.3) is 0 Å². The second kappa shape index (κ2) is 5.57. The number of amides is 2. The summed E-state index contributed by atoms with van der Waals surface area (Å²) in [5, 5.41) is 11.7. The number of likely N-dealkylation sites (tertiary alicyclic amines) is 1. The van der Waals surface area contributed by atoms with Crippen molar-refractivity contribution < 1.29 is 9.53 Å². The van der Waals surface area contributed by atoms with Gasteiger partial charge in [0, 0.05) is 12.2 Å². The normalized spacial score (nSPS) is 14.7. The predicted octanol–water partition coefficient (Wildman–Crippen LogP) is 1.13. The Morgan fingerprint density at radius 3 is 3.00 bits per heavy atom. The van der Waals surface area contributed by atoms with Gasteiger partial charge in [-0.15, -0.1) is 0 Å². The number of carbonyl (C=O) groups excluding carboxylic acids is 1. The van der Waals surface area contributed by atoms with Crippen molar-refractivity contribution in [3.8, 4) is 11.9 Å². The number of nitriles is 1. The van der Waals surface area contributed by atoms with Gasteiger partial charge in [-0.25, -0.2) is 9.78 Å². The molecule has 6 nitrogen and oxygen atoms in total. The van der Waals surface area contributed by atoms with E-state index in [0.29, 0.717) is 24.5 Å². The first-order valence-electron chi connectivity index (χ1n) is 6.17.